The molecule has 0 fully saturated rings. The lowest BCUT2D eigenvalue weighted by molar-refractivity contribution is 0.0721. The van der Waals surface area contributed by atoms with Crippen molar-refractivity contribution >= 4 is 23.2 Å². The highest BCUT2D eigenvalue weighted by Gasteiger charge is 2.28. The van der Waals surface area contributed by atoms with Gasteiger partial charge in [-0.1, -0.05) is 35.3 Å². The van der Waals surface area contributed by atoms with Gasteiger partial charge in [-0.05, 0) is 35.9 Å². The van der Waals surface area contributed by atoms with E-state index in [0.717, 1.165) is 11.3 Å². The first-order valence-corrected chi connectivity index (χ1v) is 7.00. The molecule has 1 heterocycles. The topological polar surface area (TPSA) is 44.5 Å². The predicted octanol–water partition coefficient (Wildman–Crippen LogP) is 3.83. The Morgan fingerprint density at radius 2 is 1.85 bits per heavy atom. The number of fused-ring (bicyclic) bond motifs is 1. The minimum absolute atomic E-state index is 0.305. The van der Waals surface area contributed by atoms with Crippen molar-refractivity contribution < 1.29 is 9.47 Å². The lowest BCUT2D eigenvalue weighted by Crippen LogP contribution is -2.39. The van der Waals surface area contributed by atoms with Crippen LogP contribution in [0.5, 0.6) is 11.5 Å². The number of benzene rings is 2. The van der Waals surface area contributed by atoms with E-state index in [2.05, 4.69) is 0 Å². The molecule has 20 heavy (non-hydrogen) atoms. The van der Waals surface area contributed by atoms with Crippen LogP contribution in [0, 0.1) is 0 Å². The average molecular weight is 310 g/mol. The van der Waals surface area contributed by atoms with Gasteiger partial charge in [-0.15, -0.1) is 0 Å². The fourth-order valence-corrected chi connectivity index (χ4v) is 2.61. The molecule has 104 valence electrons. The normalized spacial score (nSPS) is 18.6. The molecule has 0 aromatic heterocycles. The van der Waals surface area contributed by atoms with Gasteiger partial charge in [0, 0.05) is 10.0 Å². The minimum Gasteiger partial charge on any atom is -0.486 e. The molecular weight excluding hydrogens is 297 g/mol. The second kappa shape index (κ2) is 5.52. The van der Waals surface area contributed by atoms with Crippen LogP contribution in [-0.4, -0.2) is 12.7 Å². The van der Waals surface area contributed by atoms with Gasteiger partial charge < -0.3 is 15.2 Å². The van der Waals surface area contributed by atoms with Crippen molar-refractivity contribution in [1.82, 2.24) is 0 Å². The summed E-state index contributed by atoms with van der Waals surface area (Å²) in [7, 11) is 0. The molecule has 0 radical (unpaired) electrons. The molecule has 2 unspecified atom stereocenters. The Labute approximate surface area is 127 Å². The Hall–Kier alpha value is -1.42. The van der Waals surface area contributed by atoms with Gasteiger partial charge in [-0.3, -0.25) is 0 Å². The van der Waals surface area contributed by atoms with Crippen molar-refractivity contribution in [3.8, 4) is 11.5 Å². The zero-order valence-corrected chi connectivity index (χ0v) is 12.1. The Morgan fingerprint density at radius 1 is 1.10 bits per heavy atom. The van der Waals surface area contributed by atoms with E-state index in [1.807, 2.05) is 24.3 Å². The van der Waals surface area contributed by atoms with Gasteiger partial charge in [0.25, 0.3) is 0 Å². The number of halogens is 2. The lowest BCUT2D eigenvalue weighted by Gasteiger charge is -2.30. The number of hydrogen-bond acceptors (Lipinski definition) is 3. The van der Waals surface area contributed by atoms with E-state index in [-0.39, 0.29) is 6.10 Å². The summed E-state index contributed by atoms with van der Waals surface area (Å²) in [6.07, 6.45) is -0.305. The first-order chi connectivity index (χ1) is 9.65. The molecule has 0 saturated heterocycles. The molecule has 2 atom stereocenters. The molecule has 2 N–H and O–H groups in total. The molecular formula is C15H13Cl2NO2. The number of hydrogen-bond donors (Lipinski definition) is 1. The van der Waals surface area contributed by atoms with Crippen LogP contribution in [0.15, 0.2) is 42.5 Å². The van der Waals surface area contributed by atoms with Crippen LogP contribution >= 0.6 is 23.2 Å². The average Bonchev–Trinajstić information content (AvgIpc) is 2.48. The molecule has 2 aromatic carbocycles. The highest BCUT2D eigenvalue weighted by molar-refractivity contribution is 6.33. The summed E-state index contributed by atoms with van der Waals surface area (Å²) in [5, 5.41) is 1.17. The summed E-state index contributed by atoms with van der Waals surface area (Å²) in [5.74, 6) is 1.42. The first-order valence-electron chi connectivity index (χ1n) is 6.24. The summed E-state index contributed by atoms with van der Waals surface area (Å²) in [6, 6.07) is 12.3. The largest absolute Gasteiger partial charge is 0.486 e. The third-order valence-electron chi connectivity index (χ3n) is 3.25. The Balaban J connectivity index is 1.85. The molecule has 3 nitrogen and oxygen atoms in total. The monoisotopic (exact) mass is 309 g/mol. The zero-order chi connectivity index (χ0) is 14.1. The maximum Gasteiger partial charge on any atom is 0.161 e. The SMILES string of the molecule is NC(c1cc(Cl)ccc1Cl)C1COc2ccccc2O1. The quantitative estimate of drug-likeness (QED) is 0.917. The van der Waals surface area contributed by atoms with E-state index >= 15 is 0 Å². The number of ether oxygens (including phenoxy) is 2. The van der Waals surface area contributed by atoms with Gasteiger partial charge in [0.15, 0.2) is 17.6 Å². The molecule has 0 saturated carbocycles. The summed E-state index contributed by atoms with van der Waals surface area (Å²) < 4.78 is 11.6. The Kier molecular flexibility index (Phi) is 3.74. The fraction of sp³-hybridized carbons (Fsp3) is 0.200. The molecule has 0 bridgehead atoms. The Morgan fingerprint density at radius 3 is 2.65 bits per heavy atom. The zero-order valence-electron chi connectivity index (χ0n) is 10.6. The van der Waals surface area contributed by atoms with Crippen LogP contribution in [0.2, 0.25) is 10.0 Å². The van der Waals surface area contributed by atoms with Gasteiger partial charge in [-0.25, -0.2) is 0 Å². The van der Waals surface area contributed by atoms with Crippen molar-refractivity contribution in [2.75, 3.05) is 6.61 Å². The van der Waals surface area contributed by atoms with Crippen molar-refractivity contribution in [3.63, 3.8) is 0 Å². The maximum atomic E-state index is 6.25. The van der Waals surface area contributed by atoms with Gasteiger partial charge in [0.05, 0.1) is 6.04 Å². The second-order valence-electron chi connectivity index (χ2n) is 4.61. The van der Waals surface area contributed by atoms with Crippen LogP contribution in [-0.2, 0) is 0 Å². The van der Waals surface area contributed by atoms with E-state index in [1.54, 1.807) is 18.2 Å². The van der Waals surface area contributed by atoms with E-state index in [4.69, 9.17) is 38.4 Å². The maximum absolute atomic E-state index is 6.25. The molecule has 1 aliphatic rings. The predicted molar refractivity (Wildman–Crippen MR) is 79.7 cm³/mol. The minimum atomic E-state index is -0.408. The van der Waals surface area contributed by atoms with Crippen LogP contribution in [0.4, 0.5) is 0 Å². The third-order valence-corrected chi connectivity index (χ3v) is 3.83. The van der Waals surface area contributed by atoms with Gasteiger partial charge in [0.2, 0.25) is 0 Å². The van der Waals surface area contributed by atoms with Gasteiger partial charge in [0.1, 0.15) is 6.61 Å². The molecule has 0 spiro atoms. The van der Waals surface area contributed by atoms with Gasteiger partial charge in [-0.2, -0.15) is 0 Å². The molecule has 1 aliphatic heterocycles. The summed E-state index contributed by atoms with van der Waals surface area (Å²) in [6.45, 7) is 0.376. The number of para-hydroxylation sites is 2. The van der Waals surface area contributed by atoms with Crippen LogP contribution in [0.3, 0.4) is 0 Å². The molecule has 2 aromatic rings. The van der Waals surface area contributed by atoms with E-state index in [9.17, 15) is 0 Å². The van der Waals surface area contributed by atoms with Crippen molar-refractivity contribution in [2.24, 2.45) is 5.73 Å². The Bertz CT molecular complexity index is 633. The van der Waals surface area contributed by atoms with Crippen LogP contribution in [0.1, 0.15) is 11.6 Å². The molecule has 0 amide bonds. The molecule has 0 aliphatic carbocycles. The summed E-state index contributed by atoms with van der Waals surface area (Å²) in [5.41, 5.74) is 7.01. The van der Waals surface area contributed by atoms with E-state index < -0.39 is 6.04 Å². The highest BCUT2D eigenvalue weighted by atomic mass is 35.5. The highest BCUT2D eigenvalue weighted by Crippen LogP contribution is 2.35. The van der Waals surface area contributed by atoms with E-state index in [0.29, 0.717) is 22.4 Å². The third kappa shape index (κ3) is 2.57. The van der Waals surface area contributed by atoms with Gasteiger partial charge >= 0.3 is 0 Å². The van der Waals surface area contributed by atoms with Crippen molar-refractivity contribution in [3.05, 3.63) is 58.1 Å². The van der Waals surface area contributed by atoms with Crippen molar-refractivity contribution in [1.29, 1.82) is 0 Å². The summed E-state index contributed by atoms with van der Waals surface area (Å²) in [4.78, 5) is 0. The smallest absolute Gasteiger partial charge is 0.161 e. The molecule has 3 rings (SSSR count). The van der Waals surface area contributed by atoms with Crippen molar-refractivity contribution in [2.45, 2.75) is 12.1 Å². The number of nitrogens with two attached hydrogens (primary N) is 1. The van der Waals surface area contributed by atoms with Crippen LogP contribution < -0.4 is 15.2 Å². The fourth-order valence-electron chi connectivity index (χ4n) is 2.18. The second-order valence-corrected chi connectivity index (χ2v) is 5.45. The standard InChI is InChI=1S/C15H13Cl2NO2/c16-9-5-6-11(17)10(7-9)15(18)14-8-19-12-3-1-2-4-13(12)20-14/h1-7,14-15H,8,18H2. The first kappa shape index (κ1) is 13.6. The summed E-state index contributed by atoms with van der Waals surface area (Å²) >= 11 is 12.2. The number of rotatable bonds is 2. The lowest BCUT2D eigenvalue weighted by atomic mass is 10.0. The van der Waals surface area contributed by atoms with Crippen LogP contribution in [0.25, 0.3) is 0 Å². The molecule has 5 heteroatoms. The van der Waals surface area contributed by atoms with E-state index in [1.165, 1.54) is 0 Å².